The molecule has 0 spiro atoms. The SMILES string of the molecule is Cc1ccc(CNc2ccc3c(c2)C(OC(C)C)C(OCc2ccccc2Cl)C(C)(C)O3)cc1. The standard InChI is InChI=1S/C29H34ClNO3/c1-19(2)33-27-24-16-23(31-17-21-12-10-20(3)11-13-21)14-15-26(24)34-29(4,5)28(27)32-18-22-8-6-7-9-25(22)30/h6-16,19,27-28,31H,17-18H2,1-5H3. The number of benzene rings is 3. The number of ether oxygens (including phenoxy) is 3. The van der Waals surface area contributed by atoms with Crippen LogP contribution in [0.3, 0.4) is 0 Å². The molecule has 2 atom stereocenters. The summed E-state index contributed by atoms with van der Waals surface area (Å²) in [5, 5.41) is 4.23. The molecular formula is C29H34ClNO3. The largest absolute Gasteiger partial charge is 0.485 e. The average Bonchev–Trinajstić information content (AvgIpc) is 2.79. The van der Waals surface area contributed by atoms with Crippen molar-refractivity contribution in [1.82, 2.24) is 0 Å². The van der Waals surface area contributed by atoms with Crippen molar-refractivity contribution in [3.05, 3.63) is 94.0 Å². The lowest BCUT2D eigenvalue weighted by Gasteiger charge is -2.45. The molecule has 0 amide bonds. The van der Waals surface area contributed by atoms with E-state index in [0.717, 1.165) is 29.1 Å². The third-order valence-electron chi connectivity index (χ3n) is 6.06. The zero-order valence-corrected chi connectivity index (χ0v) is 21.4. The quantitative estimate of drug-likeness (QED) is 0.363. The topological polar surface area (TPSA) is 39.7 Å². The van der Waals surface area contributed by atoms with E-state index in [4.69, 9.17) is 25.8 Å². The van der Waals surface area contributed by atoms with Gasteiger partial charge in [-0.15, -0.1) is 0 Å². The molecule has 0 bridgehead atoms. The van der Waals surface area contributed by atoms with Crippen molar-refractivity contribution in [3.8, 4) is 5.75 Å². The fourth-order valence-corrected chi connectivity index (χ4v) is 4.46. The van der Waals surface area contributed by atoms with Gasteiger partial charge in [-0.25, -0.2) is 0 Å². The van der Waals surface area contributed by atoms with Gasteiger partial charge in [-0.1, -0.05) is 59.6 Å². The normalized spacial score (nSPS) is 18.9. The number of fused-ring (bicyclic) bond motifs is 1. The molecule has 0 aromatic heterocycles. The van der Waals surface area contributed by atoms with Gasteiger partial charge in [-0.05, 0) is 70.0 Å². The Morgan fingerprint density at radius 1 is 1.03 bits per heavy atom. The maximum absolute atomic E-state index is 6.46. The summed E-state index contributed by atoms with van der Waals surface area (Å²) in [5.41, 5.74) is 4.87. The zero-order chi connectivity index (χ0) is 24.3. The molecule has 180 valence electrons. The van der Waals surface area contributed by atoms with Gasteiger partial charge in [0.2, 0.25) is 0 Å². The van der Waals surface area contributed by atoms with E-state index in [1.165, 1.54) is 11.1 Å². The lowest BCUT2D eigenvalue weighted by Crippen LogP contribution is -2.51. The van der Waals surface area contributed by atoms with Crippen LogP contribution >= 0.6 is 11.6 Å². The Morgan fingerprint density at radius 3 is 2.47 bits per heavy atom. The molecule has 1 aliphatic rings. The van der Waals surface area contributed by atoms with E-state index >= 15 is 0 Å². The number of rotatable bonds is 8. The lowest BCUT2D eigenvalue weighted by molar-refractivity contribution is -0.177. The number of hydrogen-bond acceptors (Lipinski definition) is 4. The third kappa shape index (κ3) is 5.75. The van der Waals surface area contributed by atoms with Gasteiger partial charge in [0.1, 0.15) is 23.6 Å². The summed E-state index contributed by atoms with van der Waals surface area (Å²) in [5.74, 6) is 0.828. The summed E-state index contributed by atoms with van der Waals surface area (Å²) < 4.78 is 19.3. The first-order valence-electron chi connectivity index (χ1n) is 11.9. The molecule has 3 aromatic carbocycles. The van der Waals surface area contributed by atoms with Crippen LogP contribution in [-0.4, -0.2) is 17.8 Å². The lowest BCUT2D eigenvalue weighted by atomic mass is 9.87. The Bertz CT molecular complexity index is 1110. The number of anilines is 1. The fraction of sp³-hybridized carbons (Fsp3) is 0.379. The molecule has 2 unspecified atom stereocenters. The van der Waals surface area contributed by atoms with Gasteiger partial charge in [0.25, 0.3) is 0 Å². The van der Waals surface area contributed by atoms with E-state index in [-0.39, 0.29) is 18.3 Å². The van der Waals surface area contributed by atoms with Gasteiger partial charge >= 0.3 is 0 Å². The van der Waals surface area contributed by atoms with E-state index in [1.807, 2.05) is 58.0 Å². The van der Waals surface area contributed by atoms with E-state index in [1.54, 1.807) is 0 Å². The Hall–Kier alpha value is -2.53. The highest BCUT2D eigenvalue weighted by atomic mass is 35.5. The molecule has 4 rings (SSSR count). The number of aryl methyl sites for hydroxylation is 1. The van der Waals surface area contributed by atoms with E-state index in [9.17, 15) is 0 Å². The predicted molar refractivity (Wildman–Crippen MR) is 139 cm³/mol. The highest BCUT2D eigenvalue weighted by molar-refractivity contribution is 6.31. The fourth-order valence-electron chi connectivity index (χ4n) is 4.27. The Labute approximate surface area is 208 Å². The number of halogens is 1. The second-order valence-corrected chi connectivity index (χ2v) is 10.1. The molecular weight excluding hydrogens is 446 g/mol. The molecule has 34 heavy (non-hydrogen) atoms. The summed E-state index contributed by atoms with van der Waals surface area (Å²) in [7, 11) is 0. The van der Waals surface area contributed by atoms with E-state index in [2.05, 4.69) is 48.6 Å². The van der Waals surface area contributed by atoms with Gasteiger partial charge < -0.3 is 19.5 Å². The molecule has 0 saturated heterocycles. The van der Waals surface area contributed by atoms with Crippen LogP contribution in [0.5, 0.6) is 5.75 Å². The Morgan fingerprint density at radius 2 is 1.76 bits per heavy atom. The van der Waals surface area contributed by atoms with Gasteiger partial charge in [0.15, 0.2) is 0 Å². The summed E-state index contributed by atoms with van der Waals surface area (Å²) in [6.45, 7) is 11.4. The molecule has 0 aliphatic carbocycles. The monoisotopic (exact) mass is 479 g/mol. The predicted octanol–water partition coefficient (Wildman–Crippen LogP) is 7.48. The van der Waals surface area contributed by atoms with Crippen LogP contribution in [0.15, 0.2) is 66.7 Å². The molecule has 0 fully saturated rings. The molecule has 4 nitrogen and oxygen atoms in total. The van der Waals surface area contributed by atoms with Crippen LogP contribution in [0.1, 0.15) is 56.1 Å². The van der Waals surface area contributed by atoms with E-state index < -0.39 is 5.60 Å². The van der Waals surface area contributed by atoms with Gasteiger partial charge in [0.05, 0.1) is 12.7 Å². The van der Waals surface area contributed by atoms with Crippen molar-refractivity contribution in [1.29, 1.82) is 0 Å². The highest BCUT2D eigenvalue weighted by Crippen LogP contribution is 2.45. The summed E-state index contributed by atoms with van der Waals surface area (Å²) in [6, 6.07) is 22.5. The molecule has 1 heterocycles. The van der Waals surface area contributed by atoms with Crippen molar-refractivity contribution in [2.24, 2.45) is 0 Å². The van der Waals surface area contributed by atoms with Crippen molar-refractivity contribution in [2.75, 3.05) is 5.32 Å². The third-order valence-corrected chi connectivity index (χ3v) is 6.43. The van der Waals surface area contributed by atoms with Gasteiger partial charge in [-0.3, -0.25) is 0 Å². The van der Waals surface area contributed by atoms with Crippen molar-refractivity contribution < 1.29 is 14.2 Å². The van der Waals surface area contributed by atoms with E-state index in [0.29, 0.717) is 11.6 Å². The highest BCUT2D eigenvalue weighted by Gasteiger charge is 2.46. The van der Waals surface area contributed by atoms with Crippen LogP contribution in [0, 0.1) is 6.92 Å². The Balaban J connectivity index is 1.59. The molecule has 1 aliphatic heterocycles. The second kappa shape index (κ2) is 10.4. The van der Waals surface area contributed by atoms with Crippen LogP contribution in [0.2, 0.25) is 5.02 Å². The van der Waals surface area contributed by atoms with Gasteiger partial charge in [-0.2, -0.15) is 0 Å². The molecule has 0 saturated carbocycles. The minimum atomic E-state index is -0.579. The summed E-state index contributed by atoms with van der Waals surface area (Å²) in [6.07, 6.45) is -0.560. The second-order valence-electron chi connectivity index (χ2n) is 9.73. The summed E-state index contributed by atoms with van der Waals surface area (Å²) >= 11 is 6.38. The van der Waals surface area contributed by atoms with Crippen LogP contribution in [-0.2, 0) is 22.6 Å². The first-order chi connectivity index (χ1) is 16.2. The molecule has 0 radical (unpaired) electrons. The minimum Gasteiger partial charge on any atom is -0.485 e. The first-order valence-corrected chi connectivity index (χ1v) is 12.2. The van der Waals surface area contributed by atoms with Crippen LogP contribution in [0.4, 0.5) is 5.69 Å². The maximum atomic E-state index is 6.46. The minimum absolute atomic E-state index is 0.0299. The van der Waals surface area contributed by atoms with Crippen LogP contribution < -0.4 is 10.1 Å². The summed E-state index contributed by atoms with van der Waals surface area (Å²) in [4.78, 5) is 0. The average molecular weight is 480 g/mol. The molecule has 1 N–H and O–H groups in total. The smallest absolute Gasteiger partial charge is 0.132 e. The first kappa shape index (κ1) is 24.6. The van der Waals surface area contributed by atoms with Gasteiger partial charge in [0, 0.05) is 22.8 Å². The van der Waals surface area contributed by atoms with Crippen LogP contribution in [0.25, 0.3) is 0 Å². The number of hydrogen-bond donors (Lipinski definition) is 1. The number of nitrogens with one attached hydrogen (secondary N) is 1. The Kier molecular flexibility index (Phi) is 7.51. The molecule has 5 heteroatoms. The van der Waals surface area contributed by atoms with Crippen molar-refractivity contribution >= 4 is 17.3 Å². The zero-order valence-electron chi connectivity index (χ0n) is 20.6. The van der Waals surface area contributed by atoms with Crippen molar-refractivity contribution in [2.45, 2.75) is 71.7 Å². The van der Waals surface area contributed by atoms with Crippen molar-refractivity contribution in [3.63, 3.8) is 0 Å². The maximum Gasteiger partial charge on any atom is 0.132 e. The molecule has 3 aromatic rings.